The second-order valence-corrected chi connectivity index (χ2v) is 4.73. The Labute approximate surface area is 104 Å². The molecule has 0 saturated carbocycles. The Kier molecular flexibility index (Phi) is 6.17. The number of methoxy groups -OCH3 is 1. The van der Waals surface area contributed by atoms with E-state index in [4.69, 9.17) is 22.2 Å². The van der Waals surface area contributed by atoms with Gasteiger partial charge in [0.2, 0.25) is 5.96 Å². The highest BCUT2D eigenvalue weighted by Crippen LogP contribution is 2.21. The van der Waals surface area contributed by atoms with Crippen molar-refractivity contribution in [2.24, 2.45) is 10.8 Å². The number of guanidine groups is 1. The predicted octanol–water partition coefficient (Wildman–Crippen LogP) is 0.957. The van der Waals surface area contributed by atoms with Crippen molar-refractivity contribution in [3.05, 3.63) is 21.3 Å². The molecule has 16 heavy (non-hydrogen) atoms. The number of hydrogen-bond acceptors (Lipinski definition) is 4. The van der Waals surface area contributed by atoms with Gasteiger partial charge in [0, 0.05) is 18.5 Å². The fourth-order valence-corrected chi connectivity index (χ4v) is 2.03. The molecule has 7 heteroatoms. The third-order valence-electron chi connectivity index (χ3n) is 1.76. The van der Waals surface area contributed by atoms with E-state index in [-0.39, 0.29) is 0 Å². The van der Waals surface area contributed by atoms with Crippen LogP contribution in [-0.4, -0.2) is 26.2 Å². The van der Waals surface area contributed by atoms with E-state index in [1.165, 1.54) is 11.3 Å². The summed E-state index contributed by atoms with van der Waals surface area (Å²) in [6.07, 6.45) is 0. The Morgan fingerprint density at radius 1 is 1.62 bits per heavy atom. The van der Waals surface area contributed by atoms with Gasteiger partial charge in [0.1, 0.15) is 0 Å². The molecule has 0 bridgehead atoms. The standard InChI is InChI=1S/C9H15ClN4OS/c1-15-5-4-12-9(14-11)13-6-7-2-3-8(10)16-7/h2-3H,4-6,11H2,1H3,(H2,12,13,14). The van der Waals surface area contributed by atoms with Crippen molar-refractivity contribution in [1.82, 2.24) is 10.7 Å². The molecule has 0 unspecified atom stereocenters. The van der Waals surface area contributed by atoms with Crippen molar-refractivity contribution in [3.63, 3.8) is 0 Å². The second kappa shape index (κ2) is 7.45. The molecule has 0 fully saturated rings. The number of nitrogens with two attached hydrogens (primary N) is 1. The number of ether oxygens (including phenoxy) is 1. The fraction of sp³-hybridized carbons (Fsp3) is 0.444. The lowest BCUT2D eigenvalue weighted by Crippen LogP contribution is -2.42. The predicted molar refractivity (Wildman–Crippen MR) is 67.7 cm³/mol. The minimum absolute atomic E-state index is 0.543. The molecule has 1 aromatic heterocycles. The van der Waals surface area contributed by atoms with Crippen LogP contribution in [0.2, 0.25) is 4.34 Å². The molecule has 0 aliphatic heterocycles. The van der Waals surface area contributed by atoms with Crippen LogP contribution in [0.5, 0.6) is 0 Å². The number of halogens is 1. The largest absolute Gasteiger partial charge is 0.383 e. The van der Waals surface area contributed by atoms with Crippen LogP contribution in [0.25, 0.3) is 0 Å². The summed E-state index contributed by atoms with van der Waals surface area (Å²) in [6, 6.07) is 3.80. The van der Waals surface area contributed by atoms with Crippen molar-refractivity contribution >= 4 is 28.9 Å². The molecule has 0 radical (unpaired) electrons. The van der Waals surface area contributed by atoms with Crippen LogP contribution in [0.3, 0.4) is 0 Å². The molecule has 0 atom stereocenters. The number of hydrogen-bond donors (Lipinski definition) is 3. The molecule has 5 nitrogen and oxygen atoms in total. The minimum Gasteiger partial charge on any atom is -0.383 e. The molecule has 0 aliphatic carbocycles. The molecule has 0 aliphatic rings. The van der Waals surface area contributed by atoms with E-state index in [1.807, 2.05) is 12.1 Å². The lowest BCUT2D eigenvalue weighted by Gasteiger charge is -2.07. The molecule has 0 amide bonds. The minimum atomic E-state index is 0.543. The summed E-state index contributed by atoms with van der Waals surface area (Å²) in [5.41, 5.74) is 2.49. The molecule has 1 rings (SSSR count). The van der Waals surface area contributed by atoms with Crippen LogP contribution >= 0.6 is 22.9 Å². The highest BCUT2D eigenvalue weighted by molar-refractivity contribution is 7.16. The van der Waals surface area contributed by atoms with Gasteiger partial charge in [-0.3, -0.25) is 5.43 Å². The van der Waals surface area contributed by atoms with E-state index in [1.54, 1.807) is 7.11 Å². The van der Waals surface area contributed by atoms with Gasteiger partial charge >= 0.3 is 0 Å². The third kappa shape index (κ3) is 4.80. The first-order chi connectivity index (χ1) is 7.76. The van der Waals surface area contributed by atoms with Crippen molar-refractivity contribution in [3.8, 4) is 0 Å². The number of rotatable bonds is 5. The van der Waals surface area contributed by atoms with Crippen molar-refractivity contribution in [2.45, 2.75) is 6.54 Å². The summed E-state index contributed by atoms with van der Waals surface area (Å²) >= 11 is 7.32. The van der Waals surface area contributed by atoms with Crippen LogP contribution < -0.4 is 16.6 Å². The van der Waals surface area contributed by atoms with E-state index in [0.29, 0.717) is 25.7 Å². The van der Waals surface area contributed by atoms with Gasteiger partial charge < -0.3 is 10.1 Å². The van der Waals surface area contributed by atoms with Crippen LogP contribution in [0, 0.1) is 0 Å². The number of hydrazine groups is 1. The molecule has 4 N–H and O–H groups in total. The lowest BCUT2D eigenvalue weighted by atomic mass is 10.5. The smallest absolute Gasteiger partial charge is 0.206 e. The maximum Gasteiger partial charge on any atom is 0.206 e. The Balaban J connectivity index is 2.40. The maximum atomic E-state index is 5.81. The van der Waals surface area contributed by atoms with E-state index < -0.39 is 0 Å². The summed E-state index contributed by atoms with van der Waals surface area (Å²) in [4.78, 5) is 5.35. The third-order valence-corrected chi connectivity index (χ3v) is 2.97. The van der Waals surface area contributed by atoms with Crippen molar-refractivity contribution in [1.29, 1.82) is 0 Å². The second-order valence-electron chi connectivity index (χ2n) is 2.93. The monoisotopic (exact) mass is 262 g/mol. The number of thiophene rings is 1. The van der Waals surface area contributed by atoms with Gasteiger partial charge in [0.05, 0.1) is 17.5 Å². The van der Waals surface area contributed by atoms with E-state index in [9.17, 15) is 0 Å². The molecule has 1 aromatic rings. The van der Waals surface area contributed by atoms with Crippen LogP contribution in [-0.2, 0) is 11.3 Å². The Morgan fingerprint density at radius 3 is 3.00 bits per heavy atom. The van der Waals surface area contributed by atoms with Gasteiger partial charge in [0.25, 0.3) is 0 Å². The molecular weight excluding hydrogens is 248 g/mol. The molecule has 0 aromatic carbocycles. The lowest BCUT2D eigenvalue weighted by molar-refractivity contribution is 0.203. The van der Waals surface area contributed by atoms with Gasteiger partial charge in [-0.1, -0.05) is 11.6 Å². The summed E-state index contributed by atoms with van der Waals surface area (Å²) in [5.74, 6) is 5.86. The molecule has 0 saturated heterocycles. The summed E-state index contributed by atoms with van der Waals surface area (Å²) < 4.78 is 5.67. The Morgan fingerprint density at radius 2 is 2.44 bits per heavy atom. The molecule has 0 spiro atoms. The van der Waals surface area contributed by atoms with Crippen molar-refractivity contribution in [2.75, 3.05) is 20.3 Å². The van der Waals surface area contributed by atoms with E-state index >= 15 is 0 Å². The Bertz CT molecular complexity index is 342. The van der Waals surface area contributed by atoms with Crippen LogP contribution in [0.1, 0.15) is 4.88 Å². The zero-order chi connectivity index (χ0) is 11.8. The van der Waals surface area contributed by atoms with Gasteiger partial charge in [-0.25, -0.2) is 10.8 Å². The molecule has 1 heterocycles. The first-order valence-corrected chi connectivity index (χ1v) is 5.93. The van der Waals surface area contributed by atoms with E-state index in [0.717, 1.165) is 9.21 Å². The Hall–Kier alpha value is -0.820. The number of nitrogens with zero attached hydrogens (tertiary/aromatic N) is 1. The normalized spacial score (nSPS) is 11.6. The number of aliphatic imine (C=N–C) groups is 1. The van der Waals surface area contributed by atoms with Crippen LogP contribution in [0.15, 0.2) is 17.1 Å². The summed E-state index contributed by atoms with van der Waals surface area (Å²) in [7, 11) is 1.64. The average Bonchev–Trinajstić information content (AvgIpc) is 2.69. The first-order valence-electron chi connectivity index (χ1n) is 4.74. The first kappa shape index (κ1) is 13.2. The number of nitrogens with one attached hydrogen (secondary N) is 2. The van der Waals surface area contributed by atoms with Gasteiger partial charge in [-0.05, 0) is 12.1 Å². The molecule has 90 valence electrons. The van der Waals surface area contributed by atoms with Gasteiger partial charge in [0.15, 0.2) is 0 Å². The quantitative estimate of drug-likeness (QED) is 0.243. The summed E-state index contributed by atoms with van der Waals surface area (Å²) in [5, 5.41) is 3.01. The van der Waals surface area contributed by atoms with Crippen molar-refractivity contribution < 1.29 is 4.74 Å². The highest BCUT2D eigenvalue weighted by atomic mass is 35.5. The fourth-order valence-electron chi connectivity index (χ4n) is 1.02. The topological polar surface area (TPSA) is 71.7 Å². The van der Waals surface area contributed by atoms with Gasteiger partial charge in [-0.15, -0.1) is 11.3 Å². The zero-order valence-electron chi connectivity index (χ0n) is 9.00. The molecular formula is C9H15ClN4OS. The highest BCUT2D eigenvalue weighted by Gasteiger charge is 1.98. The SMILES string of the molecule is COCCNC(=NCc1ccc(Cl)s1)NN. The average molecular weight is 263 g/mol. The zero-order valence-corrected chi connectivity index (χ0v) is 10.6. The van der Waals surface area contributed by atoms with Gasteiger partial charge in [-0.2, -0.15) is 0 Å². The van der Waals surface area contributed by atoms with Crippen LogP contribution in [0.4, 0.5) is 0 Å². The summed E-state index contributed by atoms with van der Waals surface area (Å²) in [6.45, 7) is 1.81. The van der Waals surface area contributed by atoms with E-state index in [2.05, 4.69) is 15.7 Å². The maximum absolute atomic E-state index is 5.81.